The van der Waals surface area contributed by atoms with Crippen molar-refractivity contribution < 1.29 is 19.7 Å². The van der Waals surface area contributed by atoms with Crippen molar-refractivity contribution in [2.24, 2.45) is 0 Å². The van der Waals surface area contributed by atoms with Crippen LogP contribution in [-0.2, 0) is 4.79 Å². The van der Waals surface area contributed by atoms with Crippen molar-refractivity contribution in [1.29, 1.82) is 0 Å². The minimum Gasteiger partial charge on any atom is -0.494 e. The lowest BCUT2D eigenvalue weighted by Crippen LogP contribution is -2.10. The zero-order valence-electron chi connectivity index (χ0n) is 19.1. The van der Waals surface area contributed by atoms with E-state index < -0.39 is 12.1 Å². The Kier molecular flexibility index (Phi) is 16.1. The van der Waals surface area contributed by atoms with Crippen molar-refractivity contribution in [3.63, 3.8) is 0 Å². The van der Waals surface area contributed by atoms with Gasteiger partial charge in [0, 0.05) is 0 Å². The molecule has 0 amide bonds. The third-order valence-electron chi connectivity index (χ3n) is 5.70. The monoisotopic (exact) mass is 420 g/mol. The highest BCUT2D eigenvalue weighted by Gasteiger charge is 2.15. The van der Waals surface area contributed by atoms with E-state index in [4.69, 9.17) is 9.84 Å². The number of hydrogen-bond acceptors (Lipinski definition) is 3. The van der Waals surface area contributed by atoms with Crippen molar-refractivity contribution in [2.45, 2.75) is 116 Å². The first-order valence-corrected chi connectivity index (χ1v) is 12.3. The summed E-state index contributed by atoms with van der Waals surface area (Å²) < 4.78 is 5.69. The van der Waals surface area contributed by atoms with Crippen LogP contribution in [0.4, 0.5) is 0 Å². The molecule has 0 saturated heterocycles. The van der Waals surface area contributed by atoms with Gasteiger partial charge in [0.15, 0.2) is 6.10 Å². The Morgan fingerprint density at radius 2 is 1.13 bits per heavy atom. The summed E-state index contributed by atoms with van der Waals surface area (Å²) in [6.45, 7) is 2.95. The normalized spacial score (nSPS) is 12.1. The van der Waals surface area contributed by atoms with Crippen molar-refractivity contribution in [1.82, 2.24) is 0 Å². The van der Waals surface area contributed by atoms with Crippen LogP contribution in [0.15, 0.2) is 24.3 Å². The van der Waals surface area contributed by atoms with Crippen LogP contribution in [0.1, 0.15) is 121 Å². The van der Waals surface area contributed by atoms with Gasteiger partial charge in [0.05, 0.1) is 6.61 Å². The van der Waals surface area contributed by atoms with Crippen LogP contribution in [0.3, 0.4) is 0 Å². The molecule has 0 aliphatic rings. The van der Waals surface area contributed by atoms with Gasteiger partial charge < -0.3 is 14.9 Å². The highest BCUT2D eigenvalue weighted by Crippen LogP contribution is 2.19. The first kappa shape index (κ1) is 26.5. The molecule has 0 aliphatic heterocycles. The highest BCUT2D eigenvalue weighted by atomic mass is 16.5. The Hall–Kier alpha value is -1.55. The molecule has 172 valence electrons. The molecule has 1 aromatic rings. The lowest BCUT2D eigenvalue weighted by molar-refractivity contribution is -0.146. The lowest BCUT2D eigenvalue weighted by atomic mass is 10.0. The fraction of sp³-hybridized carbons (Fsp3) is 0.731. The number of carboxylic acid groups (broad SMARTS) is 1. The molecule has 1 atom stereocenters. The third-order valence-corrected chi connectivity index (χ3v) is 5.70. The number of aliphatic hydroxyl groups excluding tert-OH is 1. The summed E-state index contributed by atoms with van der Waals surface area (Å²) in [7, 11) is 0. The predicted molar refractivity (Wildman–Crippen MR) is 124 cm³/mol. The van der Waals surface area contributed by atoms with Crippen LogP contribution < -0.4 is 4.74 Å². The Labute approximate surface area is 184 Å². The van der Waals surface area contributed by atoms with Gasteiger partial charge in [-0.05, 0) is 24.1 Å². The maximum Gasteiger partial charge on any atom is 0.337 e. The number of aliphatic carboxylic acids is 1. The fourth-order valence-corrected chi connectivity index (χ4v) is 3.73. The number of unbranched alkanes of at least 4 members (excludes halogenated alkanes) is 15. The number of carbonyl (C=O) groups is 1. The number of ether oxygens (including phenoxy) is 1. The van der Waals surface area contributed by atoms with Gasteiger partial charge in [-0.3, -0.25) is 0 Å². The number of benzene rings is 1. The molecule has 2 N–H and O–H groups in total. The van der Waals surface area contributed by atoms with Crippen LogP contribution in [-0.4, -0.2) is 22.8 Å². The lowest BCUT2D eigenvalue weighted by Gasteiger charge is -2.09. The average Bonchev–Trinajstić information content (AvgIpc) is 2.75. The molecule has 0 spiro atoms. The third kappa shape index (κ3) is 13.6. The standard InChI is InChI=1S/C26H44O4/c1-2-3-4-5-6-7-8-9-10-11-12-13-14-15-16-17-22-30-24-20-18-23(19-21-24)25(27)26(28)29/h18-21,25,27H,2-17,22H2,1H3,(H,28,29)/t25-/m1/s1. The predicted octanol–water partition coefficient (Wildman–Crippen LogP) is 7.44. The summed E-state index contributed by atoms with van der Waals surface area (Å²) in [6.07, 6.45) is 20.2. The van der Waals surface area contributed by atoms with Gasteiger partial charge in [0.25, 0.3) is 0 Å². The van der Waals surface area contributed by atoms with E-state index in [9.17, 15) is 9.90 Å². The van der Waals surface area contributed by atoms with E-state index in [1.54, 1.807) is 24.3 Å². The van der Waals surface area contributed by atoms with Crippen LogP contribution >= 0.6 is 0 Å². The summed E-state index contributed by atoms with van der Waals surface area (Å²) in [4.78, 5) is 10.7. The van der Waals surface area contributed by atoms with Gasteiger partial charge in [-0.1, -0.05) is 115 Å². The first-order chi connectivity index (χ1) is 14.6. The molecule has 30 heavy (non-hydrogen) atoms. The summed E-state index contributed by atoms with van der Waals surface area (Å²) in [5.41, 5.74) is 0.372. The first-order valence-electron chi connectivity index (χ1n) is 12.3. The van der Waals surface area contributed by atoms with E-state index in [0.29, 0.717) is 12.2 Å². The van der Waals surface area contributed by atoms with Crippen LogP contribution in [0, 0.1) is 0 Å². The summed E-state index contributed by atoms with van der Waals surface area (Å²) in [5.74, 6) is -0.519. The number of aliphatic hydroxyl groups is 1. The zero-order valence-corrected chi connectivity index (χ0v) is 19.1. The number of hydrogen-bond donors (Lipinski definition) is 2. The average molecular weight is 421 g/mol. The minimum atomic E-state index is -1.47. The maximum atomic E-state index is 10.7. The Morgan fingerprint density at radius 3 is 1.53 bits per heavy atom. The molecule has 0 aromatic heterocycles. The molecule has 0 heterocycles. The van der Waals surface area contributed by atoms with Gasteiger partial charge in [0.1, 0.15) is 5.75 Å². The molecule has 0 saturated carbocycles. The van der Waals surface area contributed by atoms with E-state index >= 15 is 0 Å². The van der Waals surface area contributed by atoms with Crippen LogP contribution in [0.5, 0.6) is 5.75 Å². The largest absolute Gasteiger partial charge is 0.494 e. The Morgan fingerprint density at radius 1 is 0.733 bits per heavy atom. The van der Waals surface area contributed by atoms with E-state index in [0.717, 1.165) is 12.2 Å². The molecule has 0 bridgehead atoms. The second kappa shape index (κ2) is 18.2. The molecule has 0 radical (unpaired) electrons. The van der Waals surface area contributed by atoms with E-state index in [1.165, 1.54) is 96.3 Å². The maximum absolute atomic E-state index is 10.7. The number of rotatable bonds is 20. The molecular weight excluding hydrogens is 376 g/mol. The van der Waals surface area contributed by atoms with Gasteiger partial charge in [-0.2, -0.15) is 0 Å². The Bertz CT molecular complexity index is 526. The number of carboxylic acids is 1. The van der Waals surface area contributed by atoms with Crippen molar-refractivity contribution in [2.75, 3.05) is 6.61 Å². The van der Waals surface area contributed by atoms with Crippen molar-refractivity contribution in [3.8, 4) is 5.75 Å². The molecule has 1 rings (SSSR count). The summed E-state index contributed by atoms with van der Waals surface area (Å²) >= 11 is 0. The second-order valence-corrected chi connectivity index (χ2v) is 8.46. The fourth-order valence-electron chi connectivity index (χ4n) is 3.73. The van der Waals surface area contributed by atoms with Gasteiger partial charge in [-0.25, -0.2) is 4.79 Å². The van der Waals surface area contributed by atoms with E-state index in [2.05, 4.69) is 6.92 Å². The van der Waals surface area contributed by atoms with Crippen LogP contribution in [0.25, 0.3) is 0 Å². The zero-order chi connectivity index (χ0) is 21.9. The molecular formula is C26H44O4. The SMILES string of the molecule is CCCCCCCCCCCCCCCCCCOc1ccc([C@@H](O)C(=O)O)cc1. The molecule has 4 heteroatoms. The smallest absolute Gasteiger partial charge is 0.337 e. The highest BCUT2D eigenvalue weighted by molar-refractivity contribution is 5.74. The molecule has 4 nitrogen and oxygen atoms in total. The van der Waals surface area contributed by atoms with E-state index in [-0.39, 0.29) is 0 Å². The van der Waals surface area contributed by atoms with Crippen molar-refractivity contribution in [3.05, 3.63) is 29.8 Å². The summed E-state index contributed by atoms with van der Waals surface area (Å²) in [5, 5.41) is 18.3. The minimum absolute atomic E-state index is 0.372. The van der Waals surface area contributed by atoms with Gasteiger partial charge in [0.2, 0.25) is 0 Å². The van der Waals surface area contributed by atoms with E-state index in [1.807, 2.05) is 0 Å². The summed E-state index contributed by atoms with van der Waals surface area (Å²) in [6, 6.07) is 6.63. The van der Waals surface area contributed by atoms with Gasteiger partial charge in [-0.15, -0.1) is 0 Å². The molecule has 0 fully saturated rings. The van der Waals surface area contributed by atoms with Gasteiger partial charge >= 0.3 is 5.97 Å². The Balaban J connectivity index is 1.85. The molecule has 0 unspecified atom stereocenters. The van der Waals surface area contributed by atoms with Crippen molar-refractivity contribution >= 4 is 5.97 Å². The molecule has 1 aromatic carbocycles. The second-order valence-electron chi connectivity index (χ2n) is 8.46. The van der Waals surface area contributed by atoms with Crippen LogP contribution in [0.2, 0.25) is 0 Å². The molecule has 0 aliphatic carbocycles. The topological polar surface area (TPSA) is 66.8 Å². The quantitative estimate of drug-likeness (QED) is 0.215.